The Bertz CT molecular complexity index is 465. The predicted octanol–water partition coefficient (Wildman–Crippen LogP) is 2.24. The van der Waals surface area contributed by atoms with E-state index in [1.807, 2.05) is 18.3 Å². The normalized spacial score (nSPS) is 10.5. The van der Waals surface area contributed by atoms with Crippen molar-refractivity contribution >= 4 is 11.3 Å². The molecule has 0 amide bonds. The molecule has 0 unspecified atom stereocenters. The first-order valence-corrected chi connectivity index (χ1v) is 6.40. The van der Waals surface area contributed by atoms with E-state index in [-0.39, 0.29) is 0 Å². The summed E-state index contributed by atoms with van der Waals surface area (Å²) < 4.78 is 5.13. The zero-order valence-electron chi connectivity index (χ0n) is 9.85. The average Bonchev–Trinajstić information content (AvgIpc) is 2.78. The van der Waals surface area contributed by atoms with Crippen LogP contribution in [0.4, 0.5) is 0 Å². The molecule has 0 radical (unpaired) electrons. The highest BCUT2D eigenvalue weighted by Crippen LogP contribution is 2.19. The van der Waals surface area contributed by atoms with Crippen molar-refractivity contribution in [2.24, 2.45) is 5.73 Å². The van der Waals surface area contributed by atoms with Crippen molar-refractivity contribution in [3.63, 3.8) is 0 Å². The van der Waals surface area contributed by atoms with Crippen molar-refractivity contribution < 1.29 is 4.74 Å². The van der Waals surface area contributed by atoms with Gasteiger partial charge < -0.3 is 10.5 Å². The van der Waals surface area contributed by atoms with Gasteiger partial charge in [-0.1, -0.05) is 12.1 Å². The van der Waals surface area contributed by atoms with Crippen molar-refractivity contribution in [1.29, 1.82) is 0 Å². The van der Waals surface area contributed by atoms with Crippen molar-refractivity contribution in [3.05, 3.63) is 45.9 Å². The van der Waals surface area contributed by atoms with Crippen LogP contribution >= 0.6 is 11.3 Å². The maximum atomic E-state index is 5.51. The second kappa shape index (κ2) is 5.80. The van der Waals surface area contributed by atoms with Crippen LogP contribution in [0.5, 0.6) is 5.75 Å². The van der Waals surface area contributed by atoms with Gasteiger partial charge in [-0.25, -0.2) is 4.98 Å². The lowest BCUT2D eigenvalue weighted by Crippen LogP contribution is -2.01. The molecule has 0 aliphatic rings. The molecule has 1 aromatic carbocycles. The zero-order chi connectivity index (χ0) is 12.1. The first-order chi connectivity index (χ1) is 8.31. The van der Waals surface area contributed by atoms with E-state index >= 15 is 0 Å². The van der Waals surface area contributed by atoms with Crippen LogP contribution in [0.3, 0.4) is 0 Å². The summed E-state index contributed by atoms with van der Waals surface area (Å²) in [7, 11) is 1.68. The number of hydrogen-bond acceptors (Lipinski definition) is 4. The Hall–Kier alpha value is -1.39. The number of hydrogen-bond donors (Lipinski definition) is 1. The summed E-state index contributed by atoms with van der Waals surface area (Å²) in [6, 6.07) is 8.14. The first kappa shape index (κ1) is 12.1. The van der Waals surface area contributed by atoms with Crippen LogP contribution in [0, 0.1) is 0 Å². The summed E-state index contributed by atoms with van der Waals surface area (Å²) in [4.78, 5) is 5.63. The molecule has 0 atom stereocenters. The quantitative estimate of drug-likeness (QED) is 0.882. The third kappa shape index (κ3) is 3.28. The Kier molecular flexibility index (Phi) is 4.12. The summed E-state index contributed by atoms with van der Waals surface area (Å²) >= 11 is 1.74. The number of benzene rings is 1. The molecule has 1 aromatic heterocycles. The lowest BCUT2D eigenvalue weighted by atomic mass is 10.1. The third-order valence-electron chi connectivity index (χ3n) is 2.50. The molecule has 0 saturated heterocycles. The highest BCUT2D eigenvalue weighted by molar-refractivity contribution is 7.11. The van der Waals surface area contributed by atoms with Crippen LogP contribution in [-0.2, 0) is 12.8 Å². The van der Waals surface area contributed by atoms with Gasteiger partial charge >= 0.3 is 0 Å². The van der Waals surface area contributed by atoms with Crippen LogP contribution in [0.15, 0.2) is 30.5 Å². The molecule has 2 aromatic rings. The highest BCUT2D eigenvalue weighted by atomic mass is 32.1. The SMILES string of the molecule is COc1ccc(Cc2cnc(CCN)s2)cc1. The van der Waals surface area contributed by atoms with Gasteiger partial charge in [0.25, 0.3) is 0 Å². The summed E-state index contributed by atoms with van der Waals surface area (Å²) in [5.74, 6) is 0.891. The van der Waals surface area contributed by atoms with E-state index in [0.29, 0.717) is 6.54 Å². The van der Waals surface area contributed by atoms with Crippen LogP contribution in [-0.4, -0.2) is 18.6 Å². The molecule has 90 valence electrons. The molecule has 0 spiro atoms. The Balaban J connectivity index is 2.03. The summed E-state index contributed by atoms with van der Waals surface area (Å²) in [6.07, 6.45) is 3.74. The summed E-state index contributed by atoms with van der Waals surface area (Å²) in [5.41, 5.74) is 6.78. The van der Waals surface area contributed by atoms with Gasteiger partial charge in [0, 0.05) is 23.9 Å². The van der Waals surface area contributed by atoms with Gasteiger partial charge in [0.2, 0.25) is 0 Å². The van der Waals surface area contributed by atoms with E-state index in [4.69, 9.17) is 10.5 Å². The maximum Gasteiger partial charge on any atom is 0.118 e. The number of nitrogens with zero attached hydrogens (tertiary/aromatic N) is 1. The number of methoxy groups -OCH3 is 1. The smallest absolute Gasteiger partial charge is 0.118 e. The average molecular weight is 248 g/mol. The Morgan fingerprint density at radius 1 is 1.29 bits per heavy atom. The molecule has 4 heteroatoms. The minimum atomic E-state index is 0.662. The minimum absolute atomic E-state index is 0.662. The van der Waals surface area contributed by atoms with Gasteiger partial charge in [0.05, 0.1) is 12.1 Å². The second-order valence-corrected chi connectivity index (χ2v) is 4.98. The molecule has 3 nitrogen and oxygen atoms in total. The van der Waals surface area contributed by atoms with Crippen LogP contribution in [0.2, 0.25) is 0 Å². The Labute approximate surface area is 105 Å². The lowest BCUT2D eigenvalue weighted by Gasteiger charge is -2.01. The van der Waals surface area contributed by atoms with Crippen molar-refractivity contribution in [2.45, 2.75) is 12.8 Å². The van der Waals surface area contributed by atoms with Gasteiger partial charge in [-0.3, -0.25) is 0 Å². The number of rotatable bonds is 5. The van der Waals surface area contributed by atoms with E-state index in [0.717, 1.165) is 23.6 Å². The highest BCUT2D eigenvalue weighted by Gasteiger charge is 2.02. The number of nitrogens with two attached hydrogens (primary N) is 1. The van der Waals surface area contributed by atoms with Crippen molar-refractivity contribution in [1.82, 2.24) is 4.98 Å². The summed E-state index contributed by atoms with van der Waals surface area (Å²) in [5, 5.41) is 1.12. The molecule has 0 bridgehead atoms. The molecule has 17 heavy (non-hydrogen) atoms. The largest absolute Gasteiger partial charge is 0.497 e. The molecule has 0 fully saturated rings. The fourth-order valence-electron chi connectivity index (χ4n) is 1.61. The number of thiazole rings is 1. The molecular weight excluding hydrogens is 232 g/mol. The monoisotopic (exact) mass is 248 g/mol. The van der Waals surface area contributed by atoms with Crippen LogP contribution in [0.1, 0.15) is 15.4 Å². The van der Waals surface area contributed by atoms with Gasteiger partial charge in [-0.15, -0.1) is 11.3 Å². The van der Waals surface area contributed by atoms with E-state index in [2.05, 4.69) is 17.1 Å². The van der Waals surface area contributed by atoms with E-state index in [1.54, 1.807) is 18.4 Å². The molecule has 0 saturated carbocycles. The first-order valence-electron chi connectivity index (χ1n) is 5.58. The molecule has 0 aliphatic carbocycles. The van der Waals surface area contributed by atoms with E-state index < -0.39 is 0 Å². The third-order valence-corrected chi connectivity index (χ3v) is 3.55. The van der Waals surface area contributed by atoms with Crippen LogP contribution in [0.25, 0.3) is 0 Å². The van der Waals surface area contributed by atoms with Gasteiger partial charge in [0.1, 0.15) is 5.75 Å². The maximum absolute atomic E-state index is 5.51. The fourth-order valence-corrected chi connectivity index (χ4v) is 2.59. The molecule has 2 rings (SSSR count). The lowest BCUT2D eigenvalue weighted by molar-refractivity contribution is 0.414. The zero-order valence-corrected chi connectivity index (χ0v) is 10.7. The predicted molar refractivity (Wildman–Crippen MR) is 70.7 cm³/mol. The number of aromatic nitrogens is 1. The topological polar surface area (TPSA) is 48.1 Å². The number of ether oxygens (including phenoxy) is 1. The molecule has 2 N–H and O–H groups in total. The molecule has 1 heterocycles. The van der Waals surface area contributed by atoms with E-state index in [9.17, 15) is 0 Å². The molecular formula is C13H16N2OS. The van der Waals surface area contributed by atoms with Crippen molar-refractivity contribution in [3.8, 4) is 5.75 Å². The Morgan fingerprint density at radius 2 is 2.06 bits per heavy atom. The summed E-state index contributed by atoms with van der Waals surface area (Å²) in [6.45, 7) is 0.662. The van der Waals surface area contributed by atoms with Gasteiger partial charge in [-0.05, 0) is 24.2 Å². The molecule has 0 aliphatic heterocycles. The minimum Gasteiger partial charge on any atom is -0.497 e. The van der Waals surface area contributed by atoms with Crippen LogP contribution < -0.4 is 10.5 Å². The standard InChI is InChI=1S/C13H16N2OS/c1-16-11-4-2-10(3-5-11)8-12-9-15-13(17-12)6-7-14/h2-5,9H,6-8,14H2,1H3. The van der Waals surface area contributed by atoms with Crippen molar-refractivity contribution in [2.75, 3.05) is 13.7 Å². The Morgan fingerprint density at radius 3 is 2.71 bits per heavy atom. The fraction of sp³-hybridized carbons (Fsp3) is 0.308. The van der Waals surface area contributed by atoms with E-state index in [1.165, 1.54) is 10.4 Å². The van der Waals surface area contributed by atoms with Gasteiger partial charge in [0.15, 0.2) is 0 Å². The van der Waals surface area contributed by atoms with Gasteiger partial charge in [-0.2, -0.15) is 0 Å². The second-order valence-electron chi connectivity index (χ2n) is 3.78.